The maximum atomic E-state index is 9.08. The Bertz CT molecular complexity index is 320. The van der Waals surface area contributed by atoms with Gasteiger partial charge in [-0.1, -0.05) is 13.8 Å². The van der Waals surface area contributed by atoms with Gasteiger partial charge in [-0.2, -0.15) is 5.10 Å². The van der Waals surface area contributed by atoms with Gasteiger partial charge in [-0.15, -0.1) is 0 Å². The molecule has 1 rings (SSSR count). The van der Waals surface area contributed by atoms with E-state index in [1.165, 1.54) is 0 Å². The normalized spacial score (nSPS) is 11.5. The van der Waals surface area contributed by atoms with Crippen LogP contribution < -0.4 is 9.47 Å². The number of hydrogen-bond acceptors (Lipinski definition) is 4. The lowest BCUT2D eigenvalue weighted by atomic mass is 9.97. The first kappa shape index (κ1) is 11.8. The summed E-state index contributed by atoms with van der Waals surface area (Å²) in [6, 6.07) is 0. The second kappa shape index (κ2) is 4.53. The quantitative estimate of drug-likeness (QED) is 0.788. The summed E-state index contributed by atoms with van der Waals surface area (Å²) in [5.74, 6) is 1.19. The van der Waals surface area contributed by atoms with Gasteiger partial charge in [-0.3, -0.25) is 0 Å². The number of aryl methyl sites for hydroxylation is 1. The van der Waals surface area contributed by atoms with Crippen LogP contribution >= 0.6 is 0 Å². The van der Waals surface area contributed by atoms with Crippen molar-refractivity contribution in [3.8, 4) is 11.6 Å². The van der Waals surface area contributed by atoms with E-state index in [2.05, 4.69) is 5.10 Å². The Labute approximate surface area is 89.6 Å². The molecule has 0 aliphatic rings. The van der Waals surface area contributed by atoms with E-state index in [4.69, 9.17) is 14.6 Å². The molecule has 1 heterocycles. The standard InChI is InChI=1S/C10H18N2O3/c1-10(2,6-13)7-15-9-8(14-4)5-11-12(9)3/h5,13H,6-7H2,1-4H3. The Morgan fingerprint density at radius 3 is 2.73 bits per heavy atom. The van der Waals surface area contributed by atoms with Gasteiger partial charge < -0.3 is 14.6 Å². The fourth-order valence-corrected chi connectivity index (χ4v) is 1.02. The van der Waals surface area contributed by atoms with Crippen LogP contribution in [0, 0.1) is 5.41 Å². The van der Waals surface area contributed by atoms with Crippen molar-refractivity contribution in [2.45, 2.75) is 13.8 Å². The molecule has 5 nitrogen and oxygen atoms in total. The van der Waals surface area contributed by atoms with Crippen molar-refractivity contribution in [2.75, 3.05) is 20.3 Å². The second-order valence-corrected chi connectivity index (χ2v) is 4.25. The van der Waals surface area contributed by atoms with Gasteiger partial charge >= 0.3 is 0 Å². The van der Waals surface area contributed by atoms with E-state index in [-0.39, 0.29) is 12.0 Å². The Morgan fingerprint density at radius 2 is 2.20 bits per heavy atom. The summed E-state index contributed by atoms with van der Waals surface area (Å²) < 4.78 is 12.3. The van der Waals surface area contributed by atoms with Crippen molar-refractivity contribution >= 4 is 0 Å². The summed E-state index contributed by atoms with van der Waals surface area (Å²) in [7, 11) is 3.35. The molecule has 0 unspecified atom stereocenters. The Balaban J connectivity index is 2.68. The number of ether oxygens (including phenoxy) is 2. The highest BCUT2D eigenvalue weighted by Crippen LogP contribution is 2.27. The minimum Gasteiger partial charge on any atom is -0.490 e. The summed E-state index contributed by atoms with van der Waals surface area (Å²) in [4.78, 5) is 0. The van der Waals surface area contributed by atoms with Crippen molar-refractivity contribution in [2.24, 2.45) is 12.5 Å². The van der Waals surface area contributed by atoms with E-state index < -0.39 is 0 Å². The molecule has 0 fully saturated rings. The predicted octanol–water partition coefficient (Wildman–Crippen LogP) is 0.826. The van der Waals surface area contributed by atoms with Crippen LogP contribution in [0.15, 0.2) is 6.20 Å². The van der Waals surface area contributed by atoms with Crippen LogP contribution in [0.25, 0.3) is 0 Å². The van der Waals surface area contributed by atoms with Gasteiger partial charge in [0.1, 0.15) is 0 Å². The Morgan fingerprint density at radius 1 is 1.53 bits per heavy atom. The van der Waals surface area contributed by atoms with Gasteiger partial charge in [0.25, 0.3) is 5.88 Å². The lowest BCUT2D eigenvalue weighted by Crippen LogP contribution is -2.26. The average molecular weight is 214 g/mol. The van der Waals surface area contributed by atoms with Gasteiger partial charge in [0, 0.05) is 12.5 Å². The van der Waals surface area contributed by atoms with Crippen molar-refractivity contribution in [3.63, 3.8) is 0 Å². The van der Waals surface area contributed by atoms with E-state index in [0.717, 1.165) is 0 Å². The number of nitrogens with zero attached hydrogens (tertiary/aromatic N) is 2. The van der Waals surface area contributed by atoms with Crippen LogP contribution in [0.1, 0.15) is 13.8 Å². The first-order valence-electron chi connectivity index (χ1n) is 4.80. The molecule has 86 valence electrons. The third kappa shape index (κ3) is 2.86. The maximum Gasteiger partial charge on any atom is 0.255 e. The van der Waals surface area contributed by atoms with E-state index in [9.17, 15) is 0 Å². The molecule has 0 atom stereocenters. The van der Waals surface area contributed by atoms with Crippen molar-refractivity contribution in [1.29, 1.82) is 0 Å². The summed E-state index contributed by atoms with van der Waals surface area (Å²) in [6.45, 7) is 4.35. The fraction of sp³-hybridized carbons (Fsp3) is 0.700. The summed E-state index contributed by atoms with van der Waals surface area (Å²) >= 11 is 0. The molecule has 0 saturated heterocycles. The Kier molecular flexibility index (Phi) is 3.57. The van der Waals surface area contributed by atoms with E-state index in [0.29, 0.717) is 18.2 Å². The number of aliphatic hydroxyl groups excluding tert-OH is 1. The second-order valence-electron chi connectivity index (χ2n) is 4.25. The fourth-order valence-electron chi connectivity index (χ4n) is 1.02. The molecule has 1 aromatic heterocycles. The molecule has 0 radical (unpaired) electrons. The van der Waals surface area contributed by atoms with Gasteiger partial charge in [0.2, 0.25) is 5.75 Å². The highest BCUT2D eigenvalue weighted by molar-refractivity contribution is 5.31. The molecule has 15 heavy (non-hydrogen) atoms. The minimum absolute atomic E-state index is 0.0766. The smallest absolute Gasteiger partial charge is 0.255 e. The van der Waals surface area contributed by atoms with E-state index >= 15 is 0 Å². The SMILES string of the molecule is COc1cnn(C)c1OCC(C)(C)CO. The third-order valence-electron chi connectivity index (χ3n) is 2.10. The molecule has 1 N–H and O–H groups in total. The molecule has 0 aliphatic carbocycles. The van der Waals surface area contributed by atoms with Crippen molar-refractivity contribution < 1.29 is 14.6 Å². The van der Waals surface area contributed by atoms with Gasteiger partial charge in [-0.05, 0) is 0 Å². The molecule has 5 heteroatoms. The minimum atomic E-state index is -0.269. The zero-order valence-electron chi connectivity index (χ0n) is 9.65. The van der Waals surface area contributed by atoms with Crippen LogP contribution in [0.5, 0.6) is 11.6 Å². The third-order valence-corrected chi connectivity index (χ3v) is 2.10. The van der Waals surface area contributed by atoms with Gasteiger partial charge in [0.05, 0.1) is 26.5 Å². The average Bonchev–Trinajstić information content (AvgIpc) is 2.56. The van der Waals surface area contributed by atoms with E-state index in [1.807, 2.05) is 13.8 Å². The monoisotopic (exact) mass is 214 g/mol. The topological polar surface area (TPSA) is 56.5 Å². The van der Waals surface area contributed by atoms with Crippen molar-refractivity contribution in [1.82, 2.24) is 9.78 Å². The van der Waals surface area contributed by atoms with Crippen LogP contribution in [0.3, 0.4) is 0 Å². The predicted molar refractivity (Wildman–Crippen MR) is 56.1 cm³/mol. The molecule has 0 amide bonds. The first-order valence-corrected chi connectivity index (χ1v) is 4.80. The molecule has 0 aromatic carbocycles. The molecular formula is C10H18N2O3. The number of aliphatic hydroxyl groups is 1. The number of aromatic nitrogens is 2. The zero-order chi connectivity index (χ0) is 11.5. The highest BCUT2D eigenvalue weighted by Gasteiger charge is 2.20. The van der Waals surface area contributed by atoms with Crippen LogP contribution in [-0.4, -0.2) is 35.2 Å². The lowest BCUT2D eigenvalue weighted by molar-refractivity contribution is 0.0910. The first-order chi connectivity index (χ1) is 7.00. The summed E-state index contributed by atoms with van der Waals surface area (Å²) in [5, 5.41) is 13.1. The lowest BCUT2D eigenvalue weighted by Gasteiger charge is -2.21. The van der Waals surface area contributed by atoms with Crippen LogP contribution in [0.4, 0.5) is 0 Å². The van der Waals surface area contributed by atoms with Crippen LogP contribution in [0.2, 0.25) is 0 Å². The highest BCUT2D eigenvalue weighted by atomic mass is 16.5. The summed E-state index contributed by atoms with van der Waals surface area (Å²) in [6.07, 6.45) is 1.60. The Hall–Kier alpha value is -1.23. The molecule has 0 spiro atoms. The number of rotatable bonds is 5. The van der Waals surface area contributed by atoms with Gasteiger partial charge in [0.15, 0.2) is 0 Å². The van der Waals surface area contributed by atoms with E-state index in [1.54, 1.807) is 25.0 Å². The molecule has 0 saturated carbocycles. The largest absolute Gasteiger partial charge is 0.490 e. The molecule has 0 bridgehead atoms. The zero-order valence-corrected chi connectivity index (χ0v) is 9.65. The molecule has 0 aliphatic heterocycles. The summed E-state index contributed by atoms with van der Waals surface area (Å²) in [5.41, 5.74) is -0.269. The van der Waals surface area contributed by atoms with Crippen LogP contribution in [-0.2, 0) is 7.05 Å². The maximum absolute atomic E-state index is 9.08. The van der Waals surface area contributed by atoms with Crippen molar-refractivity contribution in [3.05, 3.63) is 6.20 Å². The molecular weight excluding hydrogens is 196 g/mol. The molecule has 1 aromatic rings. The number of methoxy groups -OCH3 is 1. The van der Waals surface area contributed by atoms with Gasteiger partial charge in [-0.25, -0.2) is 4.68 Å². The number of hydrogen-bond donors (Lipinski definition) is 1.